The van der Waals surface area contributed by atoms with Gasteiger partial charge in [-0.05, 0) is 36.5 Å². The van der Waals surface area contributed by atoms with Crippen LogP contribution in [0.15, 0.2) is 18.2 Å². The Morgan fingerprint density at radius 1 is 1.27 bits per heavy atom. The van der Waals surface area contributed by atoms with Gasteiger partial charge in [0.05, 0.1) is 6.42 Å². The van der Waals surface area contributed by atoms with Gasteiger partial charge >= 0.3 is 5.97 Å². The van der Waals surface area contributed by atoms with Crippen molar-refractivity contribution < 1.29 is 19.1 Å². The first-order valence-corrected chi connectivity index (χ1v) is 7.84. The van der Waals surface area contributed by atoms with E-state index in [-0.39, 0.29) is 17.9 Å². The van der Waals surface area contributed by atoms with Gasteiger partial charge < -0.3 is 10.4 Å². The third kappa shape index (κ3) is 5.13. The minimum atomic E-state index is -1.08. The summed E-state index contributed by atoms with van der Waals surface area (Å²) in [6.45, 7) is 0. The lowest BCUT2D eigenvalue weighted by atomic mass is 10.0. The van der Waals surface area contributed by atoms with E-state index in [0.29, 0.717) is 12.1 Å². The summed E-state index contributed by atoms with van der Waals surface area (Å²) >= 11 is 0. The number of benzene rings is 1. The maximum Gasteiger partial charge on any atom is 0.307 e. The highest BCUT2D eigenvalue weighted by Gasteiger charge is 2.15. The molecule has 4 nitrogen and oxygen atoms in total. The second-order valence-electron chi connectivity index (χ2n) is 5.97. The first kappa shape index (κ1) is 16.5. The quantitative estimate of drug-likeness (QED) is 0.806. The zero-order valence-corrected chi connectivity index (χ0v) is 12.6. The lowest BCUT2D eigenvalue weighted by molar-refractivity contribution is -0.136. The van der Waals surface area contributed by atoms with E-state index in [1.54, 1.807) is 0 Å². The molecule has 0 atom stereocenters. The summed E-state index contributed by atoms with van der Waals surface area (Å²) in [7, 11) is 0. The Balaban J connectivity index is 1.78. The van der Waals surface area contributed by atoms with Crippen LogP contribution in [-0.2, 0) is 16.0 Å². The van der Waals surface area contributed by atoms with E-state index in [2.05, 4.69) is 5.32 Å². The Kier molecular flexibility index (Phi) is 5.92. The van der Waals surface area contributed by atoms with Crippen LogP contribution < -0.4 is 5.32 Å². The summed E-state index contributed by atoms with van der Waals surface area (Å²) in [6, 6.07) is 4.11. The van der Waals surface area contributed by atoms with Gasteiger partial charge in [0.1, 0.15) is 5.82 Å². The standard InChI is InChI=1S/C17H22FNO3/c18-15-11-14(9-8-13(15)10-17(21)22)19-16(20)7-3-6-12-4-1-2-5-12/h8-9,11-12H,1-7,10H2,(H,19,20)(H,21,22). The van der Waals surface area contributed by atoms with Crippen molar-refractivity contribution in [1.82, 2.24) is 0 Å². The average molecular weight is 307 g/mol. The van der Waals surface area contributed by atoms with E-state index in [9.17, 15) is 14.0 Å². The molecule has 120 valence electrons. The smallest absolute Gasteiger partial charge is 0.307 e. The molecule has 0 aliphatic heterocycles. The number of hydrogen-bond acceptors (Lipinski definition) is 2. The molecule has 1 saturated carbocycles. The van der Waals surface area contributed by atoms with E-state index < -0.39 is 11.8 Å². The summed E-state index contributed by atoms with van der Waals surface area (Å²) in [5, 5.41) is 11.3. The third-order valence-corrected chi connectivity index (χ3v) is 4.17. The SMILES string of the molecule is O=C(O)Cc1ccc(NC(=O)CCCC2CCCC2)cc1F. The predicted octanol–water partition coefficient (Wildman–Crippen LogP) is 3.75. The van der Waals surface area contributed by atoms with E-state index in [0.717, 1.165) is 18.8 Å². The number of amides is 1. The number of rotatable bonds is 7. The Labute approximate surface area is 129 Å². The minimum Gasteiger partial charge on any atom is -0.481 e. The Hall–Kier alpha value is -1.91. The topological polar surface area (TPSA) is 66.4 Å². The third-order valence-electron chi connectivity index (χ3n) is 4.17. The number of carbonyl (C=O) groups excluding carboxylic acids is 1. The van der Waals surface area contributed by atoms with Crippen molar-refractivity contribution in [3.8, 4) is 0 Å². The number of anilines is 1. The second kappa shape index (κ2) is 7.92. The van der Waals surface area contributed by atoms with Crippen LogP contribution in [-0.4, -0.2) is 17.0 Å². The summed E-state index contributed by atoms with van der Waals surface area (Å²) in [4.78, 5) is 22.4. The van der Waals surface area contributed by atoms with E-state index >= 15 is 0 Å². The van der Waals surface area contributed by atoms with Gasteiger partial charge in [0.25, 0.3) is 0 Å². The maximum absolute atomic E-state index is 13.7. The second-order valence-corrected chi connectivity index (χ2v) is 5.97. The molecule has 22 heavy (non-hydrogen) atoms. The lowest BCUT2D eigenvalue weighted by Gasteiger charge is -2.09. The first-order valence-electron chi connectivity index (χ1n) is 7.84. The molecule has 1 aliphatic rings. The Bertz CT molecular complexity index is 539. The van der Waals surface area contributed by atoms with E-state index in [1.807, 2.05) is 0 Å². The zero-order valence-electron chi connectivity index (χ0n) is 12.6. The molecule has 0 aromatic heterocycles. The van der Waals surface area contributed by atoms with Gasteiger partial charge in [-0.15, -0.1) is 0 Å². The zero-order chi connectivity index (χ0) is 15.9. The lowest BCUT2D eigenvalue weighted by Crippen LogP contribution is -2.12. The molecular formula is C17H22FNO3. The van der Waals surface area contributed by atoms with Crippen LogP contribution in [0.5, 0.6) is 0 Å². The molecule has 1 aromatic rings. The fraction of sp³-hybridized carbons (Fsp3) is 0.529. The molecule has 0 saturated heterocycles. The molecule has 5 heteroatoms. The molecule has 1 aromatic carbocycles. The summed E-state index contributed by atoms with van der Waals surface area (Å²) < 4.78 is 13.7. The van der Waals surface area contributed by atoms with Gasteiger partial charge in [0.2, 0.25) is 5.91 Å². The fourth-order valence-corrected chi connectivity index (χ4v) is 3.01. The van der Waals surface area contributed by atoms with Crippen molar-refractivity contribution in [2.45, 2.75) is 51.4 Å². The molecule has 2 N–H and O–H groups in total. The Morgan fingerprint density at radius 2 is 2.00 bits per heavy atom. The fourth-order valence-electron chi connectivity index (χ4n) is 3.01. The van der Waals surface area contributed by atoms with Crippen molar-refractivity contribution in [3.05, 3.63) is 29.6 Å². The number of carboxylic acids is 1. The van der Waals surface area contributed by atoms with Crippen LogP contribution >= 0.6 is 0 Å². The predicted molar refractivity (Wildman–Crippen MR) is 82.2 cm³/mol. The first-order chi connectivity index (χ1) is 10.5. The number of nitrogens with one attached hydrogen (secondary N) is 1. The van der Waals surface area contributed by atoms with Crippen LogP contribution in [0.1, 0.15) is 50.5 Å². The van der Waals surface area contributed by atoms with Crippen molar-refractivity contribution in [1.29, 1.82) is 0 Å². The molecule has 2 rings (SSSR count). The van der Waals surface area contributed by atoms with Gasteiger partial charge in [0, 0.05) is 12.1 Å². The molecular weight excluding hydrogens is 285 g/mol. The molecule has 0 radical (unpaired) electrons. The number of carbonyl (C=O) groups is 2. The van der Waals surface area contributed by atoms with Gasteiger partial charge in [-0.3, -0.25) is 9.59 Å². The molecule has 0 heterocycles. The van der Waals surface area contributed by atoms with Crippen LogP contribution in [0.3, 0.4) is 0 Å². The molecule has 1 fully saturated rings. The Morgan fingerprint density at radius 3 is 2.64 bits per heavy atom. The van der Waals surface area contributed by atoms with Crippen molar-refractivity contribution in [2.75, 3.05) is 5.32 Å². The van der Waals surface area contributed by atoms with E-state index in [1.165, 1.54) is 43.9 Å². The molecule has 0 unspecified atom stereocenters. The van der Waals surface area contributed by atoms with Crippen LogP contribution in [0.25, 0.3) is 0 Å². The van der Waals surface area contributed by atoms with Crippen LogP contribution in [0.2, 0.25) is 0 Å². The van der Waals surface area contributed by atoms with Gasteiger partial charge in [-0.1, -0.05) is 31.7 Å². The molecule has 1 aliphatic carbocycles. The monoisotopic (exact) mass is 307 g/mol. The highest BCUT2D eigenvalue weighted by molar-refractivity contribution is 5.90. The molecule has 0 bridgehead atoms. The van der Waals surface area contributed by atoms with Gasteiger partial charge in [0.15, 0.2) is 0 Å². The number of aliphatic carboxylic acids is 1. The van der Waals surface area contributed by atoms with Crippen LogP contribution in [0, 0.1) is 11.7 Å². The normalized spacial score (nSPS) is 15.0. The van der Waals surface area contributed by atoms with Gasteiger partial charge in [-0.2, -0.15) is 0 Å². The summed E-state index contributed by atoms with van der Waals surface area (Å²) in [5.74, 6) is -1.04. The maximum atomic E-state index is 13.7. The minimum absolute atomic E-state index is 0.117. The number of carboxylic acid groups (broad SMARTS) is 1. The average Bonchev–Trinajstić information content (AvgIpc) is 2.95. The number of halogens is 1. The largest absolute Gasteiger partial charge is 0.481 e. The van der Waals surface area contributed by atoms with Crippen molar-refractivity contribution in [2.24, 2.45) is 5.92 Å². The molecule has 0 spiro atoms. The number of hydrogen-bond donors (Lipinski definition) is 2. The van der Waals surface area contributed by atoms with E-state index in [4.69, 9.17) is 5.11 Å². The highest BCUT2D eigenvalue weighted by Crippen LogP contribution is 2.29. The highest BCUT2D eigenvalue weighted by atomic mass is 19.1. The summed E-state index contributed by atoms with van der Waals surface area (Å²) in [5.41, 5.74) is 0.490. The summed E-state index contributed by atoms with van der Waals surface area (Å²) in [6.07, 6.45) is 7.18. The van der Waals surface area contributed by atoms with Crippen LogP contribution in [0.4, 0.5) is 10.1 Å². The van der Waals surface area contributed by atoms with Crippen molar-refractivity contribution >= 4 is 17.6 Å². The molecule has 1 amide bonds. The van der Waals surface area contributed by atoms with Crippen molar-refractivity contribution in [3.63, 3.8) is 0 Å². The van der Waals surface area contributed by atoms with Gasteiger partial charge in [-0.25, -0.2) is 4.39 Å².